The molecule has 1 aliphatic rings. The Bertz CT molecular complexity index is 437. The van der Waals surface area contributed by atoms with Gasteiger partial charge in [0.2, 0.25) is 5.90 Å². The summed E-state index contributed by atoms with van der Waals surface area (Å²) in [6, 6.07) is 9.45. The van der Waals surface area contributed by atoms with E-state index >= 15 is 0 Å². The van der Waals surface area contributed by atoms with Crippen molar-refractivity contribution in [1.29, 1.82) is 0 Å². The van der Waals surface area contributed by atoms with Crippen LogP contribution in [-0.4, -0.2) is 17.7 Å². The molecule has 1 aromatic rings. The molecular formula is C11H8ClNO2. The van der Waals surface area contributed by atoms with Crippen molar-refractivity contribution in [3.8, 4) is 0 Å². The molecule has 0 aliphatic carbocycles. The molecule has 0 atom stereocenters. The summed E-state index contributed by atoms with van der Waals surface area (Å²) in [6.45, 7) is 0. The van der Waals surface area contributed by atoms with E-state index in [0.717, 1.165) is 5.56 Å². The van der Waals surface area contributed by atoms with Gasteiger partial charge in [-0.3, -0.25) is 0 Å². The van der Waals surface area contributed by atoms with Crippen LogP contribution in [0.2, 0.25) is 0 Å². The van der Waals surface area contributed by atoms with Gasteiger partial charge < -0.3 is 4.74 Å². The van der Waals surface area contributed by atoms with Crippen LogP contribution in [0.4, 0.5) is 0 Å². The number of halogens is 1. The van der Waals surface area contributed by atoms with Crippen molar-refractivity contribution in [2.45, 2.75) is 0 Å². The maximum absolute atomic E-state index is 11.3. The maximum Gasteiger partial charge on any atom is 0.363 e. The first kappa shape index (κ1) is 9.93. The van der Waals surface area contributed by atoms with E-state index < -0.39 is 5.97 Å². The van der Waals surface area contributed by atoms with E-state index in [2.05, 4.69) is 4.99 Å². The number of cyclic esters (lactones) is 1. The van der Waals surface area contributed by atoms with Crippen LogP contribution in [-0.2, 0) is 9.53 Å². The summed E-state index contributed by atoms with van der Waals surface area (Å²) in [4.78, 5) is 15.2. The third kappa shape index (κ3) is 2.25. The van der Waals surface area contributed by atoms with E-state index in [9.17, 15) is 4.79 Å². The van der Waals surface area contributed by atoms with Gasteiger partial charge in [-0.25, -0.2) is 9.79 Å². The second-order valence-electron chi connectivity index (χ2n) is 2.97. The number of carbonyl (C=O) groups is 1. The molecule has 0 saturated heterocycles. The lowest BCUT2D eigenvalue weighted by Gasteiger charge is -1.92. The van der Waals surface area contributed by atoms with E-state index in [1.54, 1.807) is 6.08 Å². The average molecular weight is 222 g/mol. The Labute approximate surface area is 92.0 Å². The summed E-state index contributed by atoms with van der Waals surface area (Å²) in [6.07, 6.45) is 1.67. The van der Waals surface area contributed by atoms with E-state index in [0.29, 0.717) is 0 Å². The molecule has 1 aliphatic heterocycles. The molecule has 0 radical (unpaired) electrons. The van der Waals surface area contributed by atoms with Gasteiger partial charge >= 0.3 is 5.97 Å². The van der Waals surface area contributed by atoms with Crippen LogP contribution in [0.15, 0.2) is 41.0 Å². The van der Waals surface area contributed by atoms with E-state index in [4.69, 9.17) is 16.3 Å². The fourth-order valence-corrected chi connectivity index (χ4v) is 1.33. The van der Waals surface area contributed by atoms with Crippen molar-refractivity contribution in [3.05, 3.63) is 41.6 Å². The van der Waals surface area contributed by atoms with E-state index in [-0.39, 0.29) is 17.5 Å². The minimum absolute atomic E-state index is 0.109. The Morgan fingerprint density at radius 2 is 2.07 bits per heavy atom. The SMILES string of the molecule is O=C1OC(CCl)=NC1=Cc1ccccc1. The largest absolute Gasteiger partial charge is 0.405 e. The van der Waals surface area contributed by atoms with Crippen LogP contribution in [0, 0.1) is 0 Å². The van der Waals surface area contributed by atoms with Crippen molar-refractivity contribution in [2.75, 3.05) is 5.88 Å². The Morgan fingerprint density at radius 3 is 2.67 bits per heavy atom. The molecule has 4 heteroatoms. The molecule has 2 rings (SSSR count). The second-order valence-corrected chi connectivity index (χ2v) is 3.24. The molecule has 0 spiro atoms. The van der Waals surface area contributed by atoms with E-state index in [1.165, 1.54) is 0 Å². The maximum atomic E-state index is 11.3. The van der Waals surface area contributed by atoms with Gasteiger partial charge in [0.05, 0.1) is 5.88 Å². The standard InChI is InChI=1S/C11H8ClNO2/c12-7-10-13-9(11(14)15-10)6-8-4-2-1-3-5-8/h1-6H,7H2. The molecule has 0 fully saturated rings. The van der Waals surface area contributed by atoms with Gasteiger partial charge in [0.15, 0.2) is 5.70 Å². The van der Waals surface area contributed by atoms with Crippen molar-refractivity contribution in [1.82, 2.24) is 0 Å². The van der Waals surface area contributed by atoms with E-state index in [1.807, 2.05) is 30.3 Å². The number of ether oxygens (including phenoxy) is 1. The number of hydrogen-bond donors (Lipinski definition) is 0. The van der Waals surface area contributed by atoms with Gasteiger partial charge in [-0.2, -0.15) is 0 Å². The van der Waals surface area contributed by atoms with Crippen LogP contribution in [0.5, 0.6) is 0 Å². The number of esters is 1. The molecule has 3 nitrogen and oxygen atoms in total. The summed E-state index contributed by atoms with van der Waals surface area (Å²) >= 11 is 5.51. The number of rotatable bonds is 2. The number of benzene rings is 1. The Hall–Kier alpha value is -1.61. The number of hydrogen-bond acceptors (Lipinski definition) is 3. The smallest absolute Gasteiger partial charge is 0.363 e. The zero-order chi connectivity index (χ0) is 10.7. The molecule has 15 heavy (non-hydrogen) atoms. The summed E-state index contributed by atoms with van der Waals surface area (Å²) in [5.74, 6) is -0.0870. The zero-order valence-corrected chi connectivity index (χ0v) is 8.57. The number of aliphatic imine (C=N–C) groups is 1. The Kier molecular flexibility index (Phi) is 2.83. The summed E-state index contributed by atoms with van der Waals surface area (Å²) in [7, 11) is 0. The van der Waals surface area contributed by atoms with Crippen LogP contribution in [0.1, 0.15) is 5.56 Å². The first-order valence-electron chi connectivity index (χ1n) is 4.42. The van der Waals surface area contributed by atoms with Crippen molar-refractivity contribution in [3.63, 3.8) is 0 Å². The summed E-state index contributed by atoms with van der Waals surface area (Å²) in [5.41, 5.74) is 1.20. The van der Waals surface area contributed by atoms with Gasteiger partial charge in [0.1, 0.15) is 0 Å². The van der Waals surface area contributed by atoms with Crippen molar-refractivity contribution >= 4 is 29.5 Å². The number of alkyl halides is 1. The lowest BCUT2D eigenvalue weighted by molar-refractivity contribution is -0.130. The quantitative estimate of drug-likeness (QED) is 0.436. The minimum Gasteiger partial charge on any atom is -0.405 e. The summed E-state index contributed by atoms with van der Waals surface area (Å²) in [5, 5.41) is 0. The minimum atomic E-state index is -0.450. The first-order chi connectivity index (χ1) is 7.29. The van der Waals surface area contributed by atoms with Crippen LogP contribution in [0.25, 0.3) is 6.08 Å². The van der Waals surface area contributed by atoms with Crippen molar-refractivity contribution in [2.24, 2.45) is 4.99 Å². The monoisotopic (exact) mass is 221 g/mol. The Balaban J connectivity index is 2.28. The highest BCUT2D eigenvalue weighted by Crippen LogP contribution is 2.15. The highest BCUT2D eigenvalue weighted by atomic mass is 35.5. The van der Waals surface area contributed by atoms with Crippen LogP contribution in [0.3, 0.4) is 0 Å². The Morgan fingerprint density at radius 1 is 1.33 bits per heavy atom. The number of carbonyl (C=O) groups excluding carboxylic acids is 1. The van der Waals surface area contributed by atoms with Gasteiger partial charge in [0.25, 0.3) is 0 Å². The highest BCUT2D eigenvalue weighted by Gasteiger charge is 2.21. The van der Waals surface area contributed by atoms with Gasteiger partial charge in [-0.15, -0.1) is 11.6 Å². The normalized spacial score (nSPS) is 17.8. The van der Waals surface area contributed by atoms with Crippen LogP contribution < -0.4 is 0 Å². The molecule has 0 amide bonds. The fourth-order valence-electron chi connectivity index (χ4n) is 1.22. The molecule has 0 aromatic heterocycles. The molecule has 1 aromatic carbocycles. The second kappa shape index (κ2) is 4.28. The zero-order valence-electron chi connectivity index (χ0n) is 7.81. The summed E-state index contributed by atoms with van der Waals surface area (Å²) < 4.78 is 4.81. The third-order valence-electron chi connectivity index (χ3n) is 1.88. The van der Waals surface area contributed by atoms with Crippen molar-refractivity contribution < 1.29 is 9.53 Å². The molecule has 0 saturated carbocycles. The first-order valence-corrected chi connectivity index (χ1v) is 4.95. The number of nitrogens with zero attached hydrogens (tertiary/aromatic N) is 1. The highest BCUT2D eigenvalue weighted by molar-refractivity contribution is 6.29. The third-order valence-corrected chi connectivity index (χ3v) is 2.11. The average Bonchev–Trinajstić information content (AvgIpc) is 2.61. The lowest BCUT2D eigenvalue weighted by atomic mass is 10.2. The molecule has 0 bridgehead atoms. The fraction of sp³-hybridized carbons (Fsp3) is 0.0909. The van der Waals surface area contributed by atoms with Gasteiger partial charge in [-0.05, 0) is 11.6 Å². The molecule has 76 valence electrons. The predicted octanol–water partition coefficient (Wildman–Crippen LogP) is 2.22. The molecule has 0 N–H and O–H groups in total. The lowest BCUT2D eigenvalue weighted by Crippen LogP contribution is -2.04. The van der Waals surface area contributed by atoms with Gasteiger partial charge in [0, 0.05) is 0 Å². The molecule has 0 unspecified atom stereocenters. The van der Waals surface area contributed by atoms with Gasteiger partial charge in [-0.1, -0.05) is 30.3 Å². The van der Waals surface area contributed by atoms with Crippen LogP contribution >= 0.6 is 11.6 Å². The predicted molar refractivity (Wildman–Crippen MR) is 58.7 cm³/mol. The molecular weight excluding hydrogens is 214 g/mol. The topological polar surface area (TPSA) is 38.7 Å². The molecule has 1 heterocycles.